The zero-order valence-corrected chi connectivity index (χ0v) is 30.3. The Morgan fingerprint density at radius 1 is 0.444 bits per heavy atom. The molecule has 7 aromatic carbocycles. The van der Waals surface area contributed by atoms with E-state index >= 15 is 0 Å². The highest BCUT2D eigenvalue weighted by atomic mass is 32.1. The van der Waals surface area contributed by atoms with Crippen LogP contribution in [0.25, 0.3) is 76.6 Å². The van der Waals surface area contributed by atoms with Crippen LogP contribution in [0.5, 0.6) is 23.0 Å². The van der Waals surface area contributed by atoms with Crippen LogP contribution in [0.1, 0.15) is 25.0 Å². The second-order valence-electron chi connectivity index (χ2n) is 14.4. The molecule has 0 atom stereocenters. The molecule has 54 heavy (non-hydrogen) atoms. The van der Waals surface area contributed by atoms with E-state index in [0.717, 1.165) is 44.9 Å². The van der Waals surface area contributed by atoms with Gasteiger partial charge in [0.05, 0.1) is 0 Å². The van der Waals surface area contributed by atoms with Crippen molar-refractivity contribution in [3.05, 3.63) is 163 Å². The average molecular weight is 714 g/mol. The average Bonchev–Trinajstić information content (AvgIpc) is 3.71. The Hall–Kier alpha value is -6.63. The van der Waals surface area contributed by atoms with Crippen molar-refractivity contribution in [3.8, 4) is 79.4 Å². The Bertz CT molecular complexity index is 2970. The monoisotopic (exact) mass is 713 g/mol. The van der Waals surface area contributed by atoms with E-state index in [1.165, 1.54) is 36.9 Å². The first kappa shape index (κ1) is 30.9. The number of benzene rings is 7. The summed E-state index contributed by atoms with van der Waals surface area (Å²) < 4.78 is 15.9. The second kappa shape index (κ2) is 11.7. The molecule has 6 heteroatoms. The number of rotatable bonds is 4. The number of fused-ring (bicyclic) bond motifs is 9. The quantitative estimate of drug-likeness (QED) is 0.182. The van der Waals surface area contributed by atoms with Gasteiger partial charge in [0.2, 0.25) is 0 Å². The number of ether oxygens (including phenoxy) is 2. The molecule has 5 nitrogen and oxygen atoms in total. The molecule has 9 aromatic rings. The second-order valence-corrected chi connectivity index (χ2v) is 15.5. The SMILES string of the molecule is CC1(C)c2ccccc2-c2c1ccc1c2Oc2cccc(-c3ccc(-c4nc(-c5ccccc5)nc(-c5ccc6c(c5)sc5ccccc56)n4)cc3)c2O1. The fraction of sp³-hybridized carbons (Fsp3) is 0.0625. The lowest BCUT2D eigenvalue weighted by Gasteiger charge is -2.26. The molecule has 0 N–H and O–H groups in total. The van der Waals surface area contributed by atoms with E-state index in [4.69, 9.17) is 24.4 Å². The molecule has 256 valence electrons. The standard InChI is InChI=1S/C48H31N3O2S/c1-48(2)36-16-8-6-14-35(36)42-37(48)25-26-39-44(42)53-38-17-10-15-32(43(38)52-39)28-19-21-30(22-20-28)46-49-45(29-11-4-3-5-12-29)50-47(51-46)31-23-24-34-33-13-7-9-18-40(33)54-41(34)27-31/h3-27H,1-2H3. The van der Waals surface area contributed by atoms with Crippen LogP contribution in [0.4, 0.5) is 0 Å². The first-order valence-electron chi connectivity index (χ1n) is 18.1. The van der Waals surface area contributed by atoms with E-state index in [-0.39, 0.29) is 5.41 Å². The molecule has 3 heterocycles. The number of para-hydroxylation sites is 1. The van der Waals surface area contributed by atoms with Crippen LogP contribution in [-0.4, -0.2) is 15.0 Å². The van der Waals surface area contributed by atoms with Crippen LogP contribution >= 0.6 is 11.3 Å². The van der Waals surface area contributed by atoms with Gasteiger partial charge in [-0.2, -0.15) is 0 Å². The van der Waals surface area contributed by atoms with Gasteiger partial charge < -0.3 is 9.47 Å². The van der Waals surface area contributed by atoms with Crippen LogP contribution in [0, 0.1) is 0 Å². The molecular weight excluding hydrogens is 683 g/mol. The highest BCUT2D eigenvalue weighted by Crippen LogP contribution is 2.59. The van der Waals surface area contributed by atoms with E-state index in [2.05, 4.69) is 117 Å². The Morgan fingerprint density at radius 3 is 1.89 bits per heavy atom. The van der Waals surface area contributed by atoms with Crippen molar-refractivity contribution in [2.75, 3.05) is 0 Å². The predicted octanol–water partition coefficient (Wildman–Crippen LogP) is 13.1. The maximum atomic E-state index is 6.73. The van der Waals surface area contributed by atoms with Crippen LogP contribution in [0.2, 0.25) is 0 Å². The summed E-state index contributed by atoms with van der Waals surface area (Å²) in [7, 11) is 0. The van der Waals surface area contributed by atoms with Gasteiger partial charge in [0, 0.05) is 53.4 Å². The van der Waals surface area contributed by atoms with Crippen molar-refractivity contribution in [2.24, 2.45) is 0 Å². The van der Waals surface area contributed by atoms with Crippen LogP contribution in [0.15, 0.2) is 152 Å². The number of thiophene rings is 1. The summed E-state index contributed by atoms with van der Waals surface area (Å²) in [5, 5.41) is 2.51. The summed E-state index contributed by atoms with van der Waals surface area (Å²) in [6.45, 7) is 4.55. The molecule has 0 saturated carbocycles. The molecule has 0 spiro atoms. The third kappa shape index (κ3) is 4.73. The topological polar surface area (TPSA) is 57.1 Å². The van der Waals surface area contributed by atoms with Gasteiger partial charge in [0.1, 0.15) is 0 Å². The fourth-order valence-corrected chi connectivity index (χ4v) is 9.23. The van der Waals surface area contributed by atoms with E-state index in [9.17, 15) is 0 Å². The third-order valence-electron chi connectivity index (χ3n) is 10.8. The van der Waals surface area contributed by atoms with Crippen molar-refractivity contribution < 1.29 is 9.47 Å². The molecule has 1 aliphatic heterocycles. The molecule has 0 unspecified atom stereocenters. The molecule has 0 radical (unpaired) electrons. The molecule has 11 rings (SSSR count). The molecule has 1 aliphatic carbocycles. The maximum absolute atomic E-state index is 6.73. The van der Waals surface area contributed by atoms with Gasteiger partial charge in [-0.25, -0.2) is 15.0 Å². The summed E-state index contributed by atoms with van der Waals surface area (Å²) >= 11 is 1.79. The fourth-order valence-electron chi connectivity index (χ4n) is 8.09. The van der Waals surface area contributed by atoms with E-state index in [1.54, 1.807) is 11.3 Å². The number of aromatic nitrogens is 3. The first-order chi connectivity index (χ1) is 26.5. The summed E-state index contributed by atoms with van der Waals surface area (Å²) in [6, 6.07) is 52.4. The minimum atomic E-state index is -0.123. The smallest absolute Gasteiger partial charge is 0.178 e. The highest BCUT2D eigenvalue weighted by molar-refractivity contribution is 7.25. The van der Waals surface area contributed by atoms with Crippen LogP contribution in [0.3, 0.4) is 0 Å². The number of hydrogen-bond donors (Lipinski definition) is 0. The van der Waals surface area contributed by atoms with Gasteiger partial charge in [0.15, 0.2) is 40.5 Å². The molecule has 0 amide bonds. The Balaban J connectivity index is 0.966. The van der Waals surface area contributed by atoms with Crippen LogP contribution < -0.4 is 9.47 Å². The summed E-state index contributed by atoms with van der Waals surface area (Å²) in [6.07, 6.45) is 0. The van der Waals surface area contributed by atoms with Crippen molar-refractivity contribution in [1.82, 2.24) is 15.0 Å². The minimum Gasteiger partial charge on any atom is -0.449 e. The number of hydrogen-bond acceptors (Lipinski definition) is 6. The zero-order valence-electron chi connectivity index (χ0n) is 29.5. The molecule has 0 saturated heterocycles. The Morgan fingerprint density at radius 2 is 1.06 bits per heavy atom. The van der Waals surface area contributed by atoms with Gasteiger partial charge in [0.25, 0.3) is 0 Å². The summed E-state index contributed by atoms with van der Waals surface area (Å²) in [4.78, 5) is 15.0. The lowest BCUT2D eigenvalue weighted by atomic mass is 9.82. The lowest BCUT2D eigenvalue weighted by molar-refractivity contribution is 0.361. The molecular formula is C48H31N3O2S. The Labute approximate surface area is 316 Å². The van der Waals surface area contributed by atoms with E-state index in [1.807, 2.05) is 48.5 Å². The van der Waals surface area contributed by atoms with Crippen molar-refractivity contribution in [3.63, 3.8) is 0 Å². The highest BCUT2D eigenvalue weighted by Gasteiger charge is 2.39. The number of nitrogens with zero attached hydrogens (tertiary/aromatic N) is 3. The molecule has 2 aliphatic rings. The van der Waals surface area contributed by atoms with Gasteiger partial charge in [-0.1, -0.05) is 141 Å². The van der Waals surface area contributed by atoms with Gasteiger partial charge in [-0.15, -0.1) is 11.3 Å². The third-order valence-corrected chi connectivity index (χ3v) is 12.0. The van der Waals surface area contributed by atoms with Crippen molar-refractivity contribution >= 4 is 31.5 Å². The van der Waals surface area contributed by atoms with Crippen LogP contribution in [-0.2, 0) is 5.41 Å². The van der Waals surface area contributed by atoms with Gasteiger partial charge >= 0.3 is 0 Å². The van der Waals surface area contributed by atoms with E-state index in [0.29, 0.717) is 29.0 Å². The molecule has 2 aromatic heterocycles. The Kier molecular flexibility index (Phi) is 6.70. The zero-order chi connectivity index (χ0) is 36.0. The van der Waals surface area contributed by atoms with E-state index < -0.39 is 0 Å². The predicted molar refractivity (Wildman–Crippen MR) is 219 cm³/mol. The minimum absolute atomic E-state index is 0.123. The largest absolute Gasteiger partial charge is 0.449 e. The summed E-state index contributed by atoms with van der Waals surface area (Å²) in [5.41, 5.74) is 9.48. The van der Waals surface area contributed by atoms with Gasteiger partial charge in [-0.3, -0.25) is 0 Å². The lowest BCUT2D eigenvalue weighted by Crippen LogP contribution is -2.15. The molecule has 0 bridgehead atoms. The molecule has 0 fully saturated rings. The van der Waals surface area contributed by atoms with Crippen molar-refractivity contribution in [2.45, 2.75) is 19.3 Å². The summed E-state index contributed by atoms with van der Waals surface area (Å²) in [5.74, 6) is 4.78. The maximum Gasteiger partial charge on any atom is 0.178 e. The van der Waals surface area contributed by atoms with Gasteiger partial charge in [-0.05, 0) is 46.5 Å². The van der Waals surface area contributed by atoms with Crippen molar-refractivity contribution in [1.29, 1.82) is 0 Å². The normalized spacial score (nSPS) is 13.4. The first-order valence-corrected chi connectivity index (χ1v) is 18.9.